The van der Waals surface area contributed by atoms with E-state index in [2.05, 4.69) is 4.74 Å². The zero-order valence-electron chi connectivity index (χ0n) is 22.4. The summed E-state index contributed by atoms with van der Waals surface area (Å²) < 4.78 is 114. The normalized spacial score (nSPS) is 18.4. The van der Waals surface area contributed by atoms with Crippen LogP contribution in [0.4, 0.5) is 37.7 Å². The zero-order valence-corrected chi connectivity index (χ0v) is 23.2. The molecule has 0 bridgehead atoms. The second-order valence-corrected chi connectivity index (χ2v) is 12.1. The molecule has 0 amide bonds. The van der Waals surface area contributed by atoms with Gasteiger partial charge in [-0.1, -0.05) is 12.1 Å². The molecule has 0 unspecified atom stereocenters. The summed E-state index contributed by atoms with van der Waals surface area (Å²) in [4.78, 5) is 3.21. The lowest BCUT2D eigenvalue weighted by Gasteiger charge is -2.49. The molecule has 2 N–H and O–H groups in total. The summed E-state index contributed by atoms with van der Waals surface area (Å²) in [5, 5.41) is 19.2. The number of aliphatic hydroxyl groups is 2. The Morgan fingerprint density at radius 2 is 1.72 bits per heavy atom. The van der Waals surface area contributed by atoms with Gasteiger partial charge in [0.25, 0.3) is 10.0 Å². The Hall–Kier alpha value is -3.53. The van der Waals surface area contributed by atoms with Crippen molar-refractivity contribution in [2.24, 2.45) is 0 Å². The first-order valence-corrected chi connectivity index (χ1v) is 14.6. The lowest BCUT2D eigenvalue weighted by Crippen LogP contribution is -2.61. The van der Waals surface area contributed by atoms with Crippen LogP contribution in [0.1, 0.15) is 5.56 Å². The SMILES string of the molecule is O=S(=O)(c1cccc(C(F)(F)F)c1)N1C[C@@H]2CN(C[C@@H](O)CO)CCN2c2ccc(-c3cc(F)cc(OC(F)F)c3)cc21. The van der Waals surface area contributed by atoms with Crippen LogP contribution in [0.2, 0.25) is 0 Å². The Morgan fingerprint density at radius 1 is 0.953 bits per heavy atom. The topological polar surface area (TPSA) is 93.6 Å². The Labute approximate surface area is 243 Å². The molecule has 3 aromatic carbocycles. The van der Waals surface area contributed by atoms with Gasteiger partial charge < -0.3 is 19.8 Å². The van der Waals surface area contributed by atoms with Crippen LogP contribution in [0.3, 0.4) is 0 Å². The third-order valence-electron chi connectivity index (χ3n) is 7.36. The lowest BCUT2D eigenvalue weighted by molar-refractivity contribution is -0.137. The van der Waals surface area contributed by atoms with Crippen molar-refractivity contribution < 1.29 is 49.7 Å². The highest BCUT2D eigenvalue weighted by molar-refractivity contribution is 7.92. The number of alkyl halides is 5. The van der Waals surface area contributed by atoms with Gasteiger partial charge in [0.1, 0.15) is 11.6 Å². The highest BCUT2D eigenvalue weighted by Crippen LogP contribution is 2.43. The van der Waals surface area contributed by atoms with E-state index in [1.54, 1.807) is 12.1 Å². The summed E-state index contributed by atoms with van der Waals surface area (Å²) in [6.45, 7) is -2.56. The number of fused-ring (bicyclic) bond motifs is 3. The Balaban J connectivity index is 1.60. The van der Waals surface area contributed by atoms with Crippen LogP contribution in [-0.2, 0) is 16.2 Å². The second kappa shape index (κ2) is 11.9. The summed E-state index contributed by atoms with van der Waals surface area (Å²) >= 11 is 0. The van der Waals surface area contributed by atoms with E-state index < -0.39 is 63.6 Å². The molecule has 0 radical (unpaired) electrons. The van der Waals surface area contributed by atoms with E-state index in [4.69, 9.17) is 0 Å². The highest BCUT2D eigenvalue weighted by atomic mass is 32.2. The van der Waals surface area contributed by atoms with Gasteiger partial charge in [-0.05, 0) is 53.6 Å². The fraction of sp³-hybridized carbons (Fsp3) is 0.357. The first-order chi connectivity index (χ1) is 20.3. The number of hydrogen-bond acceptors (Lipinski definition) is 7. The first kappa shape index (κ1) is 30.9. The van der Waals surface area contributed by atoms with Crippen molar-refractivity contribution in [3.8, 4) is 16.9 Å². The molecule has 2 heterocycles. The molecular formula is C28H27F6N3O5S. The zero-order chi connectivity index (χ0) is 31.1. The number of rotatable bonds is 8. The number of halogens is 6. The summed E-state index contributed by atoms with van der Waals surface area (Å²) in [5.74, 6) is -1.32. The predicted molar refractivity (Wildman–Crippen MR) is 145 cm³/mol. The predicted octanol–water partition coefficient (Wildman–Crippen LogP) is 4.17. The molecule has 5 rings (SSSR count). The van der Waals surface area contributed by atoms with Crippen molar-refractivity contribution in [3.05, 3.63) is 72.0 Å². The van der Waals surface area contributed by atoms with Gasteiger partial charge in [0.15, 0.2) is 0 Å². The van der Waals surface area contributed by atoms with E-state index in [9.17, 15) is 45.0 Å². The van der Waals surface area contributed by atoms with Gasteiger partial charge in [0, 0.05) is 32.2 Å². The van der Waals surface area contributed by atoms with Gasteiger partial charge in [0.2, 0.25) is 0 Å². The standard InChI is InChI=1S/C28H27F6N3O5S/c29-20-8-18(9-23(12-20)42-27(30)31)17-4-5-25-26(10-17)37(14-21-13-35(6-7-36(21)25)15-22(39)16-38)43(40,41)24-3-1-2-19(11-24)28(32,33)34/h1-5,8-12,21-22,27,38-39H,6-7,13-16H2/t21-,22+/m0/s1. The molecule has 2 atom stereocenters. The lowest BCUT2D eigenvalue weighted by atomic mass is 10.00. The molecule has 2 aliphatic rings. The van der Waals surface area contributed by atoms with Crippen molar-refractivity contribution in [1.82, 2.24) is 4.90 Å². The van der Waals surface area contributed by atoms with Gasteiger partial charge in [-0.25, -0.2) is 12.8 Å². The summed E-state index contributed by atoms with van der Waals surface area (Å²) in [7, 11) is -4.58. The summed E-state index contributed by atoms with van der Waals surface area (Å²) in [6.07, 6.45) is -5.80. The number of piperazine rings is 1. The van der Waals surface area contributed by atoms with Crippen LogP contribution >= 0.6 is 0 Å². The number of benzene rings is 3. The first-order valence-electron chi connectivity index (χ1n) is 13.1. The van der Waals surface area contributed by atoms with Crippen LogP contribution in [0.15, 0.2) is 65.6 Å². The minimum absolute atomic E-state index is 0.107. The van der Waals surface area contributed by atoms with Crippen LogP contribution in [-0.4, -0.2) is 81.6 Å². The van der Waals surface area contributed by atoms with Gasteiger partial charge in [-0.3, -0.25) is 9.21 Å². The number of sulfonamides is 1. The average Bonchev–Trinajstić information content (AvgIpc) is 2.95. The molecule has 1 saturated heterocycles. The minimum Gasteiger partial charge on any atom is -0.435 e. The molecule has 43 heavy (non-hydrogen) atoms. The van der Waals surface area contributed by atoms with Crippen LogP contribution < -0.4 is 13.9 Å². The largest absolute Gasteiger partial charge is 0.435 e. The Bertz CT molecular complexity index is 1590. The maximum Gasteiger partial charge on any atom is 0.416 e. The molecule has 0 aromatic heterocycles. The molecular weight excluding hydrogens is 604 g/mol. The molecule has 8 nitrogen and oxygen atoms in total. The number of nitrogens with zero attached hydrogens (tertiary/aromatic N) is 3. The van der Waals surface area contributed by atoms with Gasteiger partial charge >= 0.3 is 12.8 Å². The van der Waals surface area contributed by atoms with Crippen LogP contribution in [0.25, 0.3) is 11.1 Å². The van der Waals surface area contributed by atoms with Crippen molar-refractivity contribution in [2.75, 3.05) is 48.5 Å². The third-order valence-corrected chi connectivity index (χ3v) is 9.13. The molecule has 15 heteroatoms. The molecule has 232 valence electrons. The molecule has 1 fully saturated rings. The fourth-order valence-corrected chi connectivity index (χ4v) is 6.99. The van der Waals surface area contributed by atoms with E-state index >= 15 is 0 Å². The molecule has 0 spiro atoms. The van der Waals surface area contributed by atoms with Crippen molar-refractivity contribution in [3.63, 3.8) is 0 Å². The smallest absolute Gasteiger partial charge is 0.416 e. The van der Waals surface area contributed by atoms with E-state index in [-0.39, 0.29) is 36.4 Å². The molecule has 2 aliphatic heterocycles. The molecule has 3 aromatic rings. The van der Waals surface area contributed by atoms with Gasteiger partial charge in [-0.2, -0.15) is 22.0 Å². The number of hydrogen-bond donors (Lipinski definition) is 2. The Morgan fingerprint density at radius 3 is 2.42 bits per heavy atom. The van der Waals surface area contributed by atoms with E-state index in [0.29, 0.717) is 24.8 Å². The minimum atomic E-state index is -4.79. The quantitative estimate of drug-likeness (QED) is 0.361. The summed E-state index contributed by atoms with van der Waals surface area (Å²) in [5.41, 5.74) is -0.229. The van der Waals surface area contributed by atoms with Crippen LogP contribution in [0.5, 0.6) is 5.75 Å². The number of anilines is 2. The third kappa shape index (κ3) is 6.54. The monoisotopic (exact) mass is 631 g/mol. The molecule has 0 saturated carbocycles. The molecule has 0 aliphatic carbocycles. The van der Waals surface area contributed by atoms with Gasteiger partial charge in [-0.15, -0.1) is 0 Å². The van der Waals surface area contributed by atoms with E-state index in [1.165, 1.54) is 12.1 Å². The van der Waals surface area contributed by atoms with Crippen molar-refractivity contribution in [1.29, 1.82) is 0 Å². The number of ether oxygens (including phenoxy) is 1. The second-order valence-electron chi connectivity index (χ2n) is 10.3. The van der Waals surface area contributed by atoms with Gasteiger partial charge in [0.05, 0.1) is 47.1 Å². The fourth-order valence-electron chi connectivity index (χ4n) is 5.44. The van der Waals surface area contributed by atoms with E-state index in [0.717, 1.165) is 34.6 Å². The van der Waals surface area contributed by atoms with E-state index in [1.807, 2.05) is 9.80 Å². The maximum atomic E-state index is 14.3. The number of aliphatic hydroxyl groups excluding tert-OH is 2. The van der Waals surface area contributed by atoms with Crippen molar-refractivity contribution >= 4 is 21.4 Å². The highest BCUT2D eigenvalue weighted by Gasteiger charge is 2.41. The number of β-amino-alcohol motifs (C(OH)–C–C–N with tert-alkyl or cyclic N) is 1. The Kier molecular flexibility index (Phi) is 8.53. The average molecular weight is 632 g/mol. The van der Waals surface area contributed by atoms with Crippen molar-refractivity contribution in [2.45, 2.75) is 29.8 Å². The summed E-state index contributed by atoms with van der Waals surface area (Å²) in [6, 6.07) is 10.5. The maximum absolute atomic E-state index is 14.3. The van der Waals surface area contributed by atoms with Crippen LogP contribution in [0, 0.1) is 5.82 Å².